The molecule has 0 spiro atoms. The lowest BCUT2D eigenvalue weighted by Gasteiger charge is -2.21. The Morgan fingerprint density at radius 2 is 1.64 bits per heavy atom. The first-order chi connectivity index (χ1) is 12.1. The smallest absolute Gasteiger partial charge is 0.223 e. The van der Waals surface area contributed by atoms with Crippen molar-refractivity contribution in [2.75, 3.05) is 20.8 Å². The van der Waals surface area contributed by atoms with Gasteiger partial charge in [0, 0.05) is 13.7 Å². The van der Waals surface area contributed by atoms with Gasteiger partial charge in [-0.1, -0.05) is 24.3 Å². The Labute approximate surface area is 146 Å². The van der Waals surface area contributed by atoms with Gasteiger partial charge in [-0.05, 0) is 35.4 Å². The first kappa shape index (κ1) is 18.9. The van der Waals surface area contributed by atoms with Gasteiger partial charge in [0.2, 0.25) is 5.91 Å². The largest absolute Gasteiger partial charge is 0.497 e. The van der Waals surface area contributed by atoms with Crippen molar-refractivity contribution in [3.05, 3.63) is 65.5 Å². The number of ether oxygens (including phenoxy) is 2. The van der Waals surface area contributed by atoms with E-state index in [1.54, 1.807) is 19.2 Å². The van der Waals surface area contributed by atoms with Crippen molar-refractivity contribution in [1.29, 1.82) is 0 Å². The van der Waals surface area contributed by atoms with Crippen LogP contribution in [0.25, 0.3) is 0 Å². The van der Waals surface area contributed by atoms with Crippen LogP contribution >= 0.6 is 0 Å². The summed E-state index contributed by atoms with van der Waals surface area (Å²) in [6, 6.07) is 13.0. The number of amides is 1. The topological polar surface area (TPSA) is 73.6 Å². The summed E-state index contributed by atoms with van der Waals surface area (Å²) in [5.41, 5.74) is 7.22. The number of hydrogen-bond donors (Lipinski definition) is 2. The van der Waals surface area contributed by atoms with E-state index in [-0.39, 0.29) is 30.8 Å². The molecule has 2 unspecified atom stereocenters. The predicted molar refractivity (Wildman–Crippen MR) is 93.8 cm³/mol. The van der Waals surface area contributed by atoms with Crippen molar-refractivity contribution in [2.24, 2.45) is 5.73 Å². The third-order valence-corrected chi connectivity index (χ3v) is 3.97. The Kier molecular flexibility index (Phi) is 6.91. The second-order valence-electron chi connectivity index (χ2n) is 5.62. The molecule has 2 rings (SSSR count). The van der Waals surface area contributed by atoms with Gasteiger partial charge in [0.1, 0.15) is 11.6 Å². The molecule has 6 heteroatoms. The highest BCUT2D eigenvalue weighted by molar-refractivity contribution is 5.77. The molecule has 5 nitrogen and oxygen atoms in total. The number of rotatable bonds is 8. The van der Waals surface area contributed by atoms with Crippen LogP contribution in [-0.4, -0.2) is 32.8 Å². The summed E-state index contributed by atoms with van der Waals surface area (Å²) in [6.07, 6.45) is -0.189. The van der Waals surface area contributed by atoms with Crippen LogP contribution in [0.2, 0.25) is 0 Å². The number of nitrogens with one attached hydrogen (secondary N) is 1. The molecule has 25 heavy (non-hydrogen) atoms. The quantitative estimate of drug-likeness (QED) is 0.770. The summed E-state index contributed by atoms with van der Waals surface area (Å²) < 4.78 is 23.6. The van der Waals surface area contributed by atoms with E-state index < -0.39 is 6.04 Å². The highest BCUT2D eigenvalue weighted by Crippen LogP contribution is 2.24. The SMILES string of the molecule is COc1ccc(C(NC(=O)CC(CN)OC)c2ccc(F)cc2)cc1. The Bertz CT molecular complexity index is 670. The average Bonchev–Trinajstić information content (AvgIpc) is 2.65. The van der Waals surface area contributed by atoms with Gasteiger partial charge in [-0.25, -0.2) is 4.39 Å². The van der Waals surface area contributed by atoms with Crippen molar-refractivity contribution >= 4 is 5.91 Å². The van der Waals surface area contributed by atoms with Crippen LogP contribution in [0, 0.1) is 5.82 Å². The van der Waals surface area contributed by atoms with Crippen LogP contribution in [-0.2, 0) is 9.53 Å². The van der Waals surface area contributed by atoms with Crippen molar-refractivity contribution < 1.29 is 18.7 Å². The van der Waals surface area contributed by atoms with Crippen molar-refractivity contribution in [1.82, 2.24) is 5.32 Å². The van der Waals surface area contributed by atoms with Crippen molar-refractivity contribution in [3.63, 3.8) is 0 Å². The van der Waals surface area contributed by atoms with Gasteiger partial charge in [-0.3, -0.25) is 4.79 Å². The lowest BCUT2D eigenvalue weighted by Crippen LogP contribution is -2.34. The average molecular weight is 346 g/mol. The molecular weight excluding hydrogens is 323 g/mol. The van der Waals surface area contributed by atoms with E-state index in [0.717, 1.165) is 16.9 Å². The number of carbonyl (C=O) groups is 1. The van der Waals surface area contributed by atoms with Gasteiger partial charge in [-0.15, -0.1) is 0 Å². The lowest BCUT2D eigenvalue weighted by atomic mass is 9.98. The zero-order valence-electron chi connectivity index (χ0n) is 14.4. The molecule has 2 aromatic rings. The minimum absolute atomic E-state index is 0.154. The fourth-order valence-corrected chi connectivity index (χ4v) is 2.50. The van der Waals surface area contributed by atoms with Crippen molar-refractivity contribution in [2.45, 2.75) is 18.6 Å². The number of benzene rings is 2. The molecule has 1 amide bonds. The Morgan fingerprint density at radius 3 is 2.12 bits per heavy atom. The highest BCUT2D eigenvalue weighted by Gasteiger charge is 2.19. The van der Waals surface area contributed by atoms with Crippen LogP contribution < -0.4 is 15.8 Å². The fourth-order valence-electron chi connectivity index (χ4n) is 2.50. The molecule has 0 bridgehead atoms. The Hall–Kier alpha value is -2.44. The van der Waals surface area contributed by atoms with Gasteiger partial charge in [0.15, 0.2) is 0 Å². The maximum Gasteiger partial charge on any atom is 0.223 e. The second-order valence-corrected chi connectivity index (χ2v) is 5.62. The molecule has 0 saturated carbocycles. The molecular formula is C19H23FN2O3. The molecule has 134 valence electrons. The zero-order chi connectivity index (χ0) is 18.2. The first-order valence-electron chi connectivity index (χ1n) is 7.99. The van der Waals surface area contributed by atoms with E-state index in [0.29, 0.717) is 0 Å². The summed E-state index contributed by atoms with van der Waals surface area (Å²) in [6.45, 7) is 0.258. The third kappa shape index (κ3) is 5.27. The molecule has 3 N–H and O–H groups in total. The molecule has 2 atom stereocenters. The van der Waals surface area contributed by atoms with Crippen LogP contribution in [0.4, 0.5) is 4.39 Å². The van der Waals surface area contributed by atoms with Crippen LogP contribution in [0.15, 0.2) is 48.5 Å². The maximum absolute atomic E-state index is 13.2. The zero-order valence-corrected chi connectivity index (χ0v) is 14.4. The van der Waals surface area contributed by atoms with E-state index in [2.05, 4.69) is 5.32 Å². The predicted octanol–water partition coefficient (Wildman–Crippen LogP) is 2.40. The first-order valence-corrected chi connectivity index (χ1v) is 7.99. The van der Waals surface area contributed by atoms with E-state index in [4.69, 9.17) is 15.2 Å². The Morgan fingerprint density at radius 1 is 1.08 bits per heavy atom. The van der Waals surface area contributed by atoms with Crippen LogP contribution in [0.5, 0.6) is 5.75 Å². The Balaban J connectivity index is 2.25. The van der Waals surface area contributed by atoms with Crippen LogP contribution in [0.1, 0.15) is 23.6 Å². The molecule has 0 aromatic heterocycles. The fraction of sp³-hybridized carbons (Fsp3) is 0.316. The number of hydrogen-bond acceptors (Lipinski definition) is 4. The summed E-state index contributed by atoms with van der Waals surface area (Å²) in [5, 5.41) is 2.97. The number of halogens is 1. The number of nitrogens with two attached hydrogens (primary N) is 1. The summed E-state index contributed by atoms with van der Waals surface area (Å²) in [7, 11) is 3.11. The standard InChI is InChI=1S/C19H23FN2O3/c1-24-16-9-5-14(6-10-16)19(13-3-7-15(20)8-4-13)22-18(23)11-17(12-21)25-2/h3-10,17,19H,11-12,21H2,1-2H3,(H,22,23). The van der Waals surface area contributed by atoms with Gasteiger partial charge in [0.25, 0.3) is 0 Å². The molecule has 0 fully saturated rings. The van der Waals surface area contributed by atoms with Gasteiger partial charge in [0.05, 0.1) is 25.7 Å². The van der Waals surface area contributed by atoms with E-state index in [1.807, 2.05) is 24.3 Å². The summed E-state index contributed by atoms with van der Waals surface area (Å²) in [4.78, 5) is 12.4. The molecule has 2 aromatic carbocycles. The minimum atomic E-state index is -0.408. The van der Waals surface area contributed by atoms with E-state index in [1.165, 1.54) is 19.2 Å². The summed E-state index contributed by atoms with van der Waals surface area (Å²) in [5.74, 6) is 0.198. The minimum Gasteiger partial charge on any atom is -0.497 e. The molecule has 0 aliphatic rings. The maximum atomic E-state index is 13.2. The molecule has 0 saturated heterocycles. The third-order valence-electron chi connectivity index (χ3n) is 3.97. The molecule has 0 radical (unpaired) electrons. The van der Waals surface area contributed by atoms with Gasteiger partial charge < -0.3 is 20.5 Å². The molecule has 0 heterocycles. The summed E-state index contributed by atoms with van der Waals surface area (Å²) >= 11 is 0. The van der Waals surface area contributed by atoms with Gasteiger partial charge in [-0.2, -0.15) is 0 Å². The normalized spacial score (nSPS) is 13.1. The number of methoxy groups -OCH3 is 2. The lowest BCUT2D eigenvalue weighted by molar-refractivity contribution is -0.123. The van der Waals surface area contributed by atoms with Crippen LogP contribution in [0.3, 0.4) is 0 Å². The van der Waals surface area contributed by atoms with Gasteiger partial charge >= 0.3 is 0 Å². The monoisotopic (exact) mass is 346 g/mol. The van der Waals surface area contributed by atoms with E-state index in [9.17, 15) is 9.18 Å². The molecule has 0 aliphatic carbocycles. The molecule has 0 aliphatic heterocycles. The second kappa shape index (κ2) is 9.15. The van der Waals surface area contributed by atoms with Crippen molar-refractivity contribution in [3.8, 4) is 5.75 Å². The highest BCUT2D eigenvalue weighted by atomic mass is 19.1. The van der Waals surface area contributed by atoms with E-state index >= 15 is 0 Å². The number of carbonyl (C=O) groups excluding carboxylic acids is 1.